The standard InChI is InChI=1S/C16H29N3O2/c1-15(2)10-12(11-16(3,4)18-15)17-13(20)14(21)19-8-6-5-7-9-19/h12,18H,5-11H2,1-4H3,(H,17,20)/p+1. The van der Waals surface area contributed by atoms with Crippen molar-refractivity contribution in [3.63, 3.8) is 0 Å². The van der Waals surface area contributed by atoms with Gasteiger partial charge in [0.05, 0.1) is 11.1 Å². The fourth-order valence-corrected chi connectivity index (χ4v) is 4.11. The van der Waals surface area contributed by atoms with E-state index in [2.05, 4.69) is 38.3 Å². The maximum Gasteiger partial charge on any atom is 0.311 e. The van der Waals surface area contributed by atoms with Crippen LogP contribution in [0.15, 0.2) is 0 Å². The topological polar surface area (TPSA) is 66.0 Å². The summed E-state index contributed by atoms with van der Waals surface area (Å²) in [5, 5.41) is 5.35. The van der Waals surface area contributed by atoms with Gasteiger partial charge in [-0.2, -0.15) is 0 Å². The summed E-state index contributed by atoms with van der Waals surface area (Å²) in [4.78, 5) is 26.1. The number of nitrogens with one attached hydrogen (secondary N) is 1. The summed E-state index contributed by atoms with van der Waals surface area (Å²) >= 11 is 0. The number of nitrogens with zero attached hydrogens (tertiary/aromatic N) is 1. The van der Waals surface area contributed by atoms with Crippen LogP contribution in [0.25, 0.3) is 0 Å². The highest BCUT2D eigenvalue weighted by molar-refractivity contribution is 6.35. The van der Waals surface area contributed by atoms with Gasteiger partial charge < -0.3 is 15.5 Å². The molecule has 0 aromatic rings. The zero-order chi connectivity index (χ0) is 15.7. The van der Waals surface area contributed by atoms with Crippen LogP contribution in [0.3, 0.4) is 0 Å². The number of amides is 2. The maximum absolute atomic E-state index is 12.2. The zero-order valence-electron chi connectivity index (χ0n) is 13.9. The molecule has 2 heterocycles. The summed E-state index contributed by atoms with van der Waals surface area (Å²) in [6.45, 7) is 10.2. The summed E-state index contributed by atoms with van der Waals surface area (Å²) < 4.78 is 0. The molecule has 2 fully saturated rings. The van der Waals surface area contributed by atoms with Crippen molar-refractivity contribution in [2.24, 2.45) is 0 Å². The van der Waals surface area contributed by atoms with E-state index in [4.69, 9.17) is 0 Å². The number of hydrogen-bond acceptors (Lipinski definition) is 2. The summed E-state index contributed by atoms with van der Waals surface area (Å²) in [6, 6.07) is 0.0845. The Kier molecular flexibility index (Phi) is 4.61. The van der Waals surface area contributed by atoms with Crippen LogP contribution in [0, 0.1) is 0 Å². The Balaban J connectivity index is 1.93. The Labute approximate surface area is 127 Å². The summed E-state index contributed by atoms with van der Waals surface area (Å²) in [5.74, 6) is -0.768. The first-order chi connectivity index (χ1) is 9.69. The number of carbonyl (C=O) groups excluding carboxylic acids is 2. The molecule has 0 aromatic carbocycles. The van der Waals surface area contributed by atoms with Gasteiger partial charge in [-0.15, -0.1) is 0 Å². The van der Waals surface area contributed by atoms with Crippen LogP contribution in [0.4, 0.5) is 0 Å². The lowest BCUT2D eigenvalue weighted by atomic mass is 9.79. The summed E-state index contributed by atoms with van der Waals surface area (Å²) in [6.07, 6.45) is 4.98. The van der Waals surface area contributed by atoms with Gasteiger partial charge in [0, 0.05) is 32.0 Å². The average molecular weight is 296 g/mol. The lowest BCUT2D eigenvalue weighted by Crippen LogP contribution is -3.06. The molecule has 21 heavy (non-hydrogen) atoms. The fraction of sp³-hybridized carbons (Fsp3) is 0.875. The van der Waals surface area contributed by atoms with Crippen molar-refractivity contribution in [2.75, 3.05) is 13.1 Å². The van der Waals surface area contributed by atoms with Gasteiger partial charge in [0.1, 0.15) is 0 Å². The van der Waals surface area contributed by atoms with Crippen molar-refractivity contribution in [1.29, 1.82) is 0 Å². The number of carbonyl (C=O) groups is 2. The third-order valence-corrected chi connectivity index (χ3v) is 4.50. The number of piperidine rings is 2. The lowest BCUT2D eigenvalue weighted by molar-refractivity contribution is -0.787. The van der Waals surface area contributed by atoms with Crippen LogP contribution >= 0.6 is 0 Å². The molecule has 2 saturated heterocycles. The van der Waals surface area contributed by atoms with Crippen LogP contribution in [-0.4, -0.2) is 46.9 Å². The fourth-order valence-electron chi connectivity index (χ4n) is 4.11. The molecule has 0 aliphatic carbocycles. The molecule has 0 bridgehead atoms. The number of nitrogens with two attached hydrogens (primary N) is 1. The summed E-state index contributed by atoms with van der Waals surface area (Å²) in [5.41, 5.74) is 0.182. The van der Waals surface area contributed by atoms with Gasteiger partial charge in [-0.25, -0.2) is 0 Å². The van der Waals surface area contributed by atoms with E-state index in [1.165, 1.54) is 0 Å². The van der Waals surface area contributed by atoms with E-state index < -0.39 is 5.91 Å². The Bertz CT molecular complexity index is 396. The number of rotatable bonds is 1. The van der Waals surface area contributed by atoms with Gasteiger partial charge in [0.15, 0.2) is 0 Å². The Morgan fingerprint density at radius 1 is 1.00 bits per heavy atom. The van der Waals surface area contributed by atoms with Crippen molar-refractivity contribution < 1.29 is 14.9 Å². The van der Waals surface area contributed by atoms with E-state index in [0.29, 0.717) is 0 Å². The van der Waals surface area contributed by atoms with Crippen LogP contribution < -0.4 is 10.6 Å². The predicted molar refractivity (Wildman–Crippen MR) is 81.7 cm³/mol. The van der Waals surface area contributed by atoms with Crippen LogP contribution in [-0.2, 0) is 9.59 Å². The van der Waals surface area contributed by atoms with Gasteiger partial charge >= 0.3 is 11.8 Å². The molecule has 0 spiro atoms. The van der Waals surface area contributed by atoms with Crippen molar-refractivity contribution in [3.05, 3.63) is 0 Å². The van der Waals surface area contributed by atoms with Crippen molar-refractivity contribution in [3.8, 4) is 0 Å². The van der Waals surface area contributed by atoms with Gasteiger partial charge in [-0.1, -0.05) is 0 Å². The second kappa shape index (κ2) is 5.95. The molecule has 0 unspecified atom stereocenters. The monoisotopic (exact) mass is 296 g/mol. The largest absolute Gasteiger partial charge is 0.345 e. The molecule has 2 rings (SSSR count). The molecular formula is C16H30N3O2+. The van der Waals surface area contributed by atoms with Crippen LogP contribution in [0.5, 0.6) is 0 Å². The third kappa shape index (κ3) is 4.43. The van der Waals surface area contributed by atoms with E-state index in [9.17, 15) is 9.59 Å². The molecule has 0 radical (unpaired) electrons. The first-order valence-corrected chi connectivity index (χ1v) is 8.15. The molecular weight excluding hydrogens is 266 g/mol. The van der Waals surface area contributed by atoms with E-state index in [1.807, 2.05) is 0 Å². The molecule has 2 amide bonds. The number of quaternary nitrogens is 1. The van der Waals surface area contributed by atoms with Gasteiger partial charge in [0.25, 0.3) is 0 Å². The Morgan fingerprint density at radius 3 is 2.05 bits per heavy atom. The normalized spacial score (nSPS) is 25.4. The molecule has 2 aliphatic heterocycles. The maximum atomic E-state index is 12.2. The highest BCUT2D eigenvalue weighted by Gasteiger charge is 2.42. The molecule has 0 aromatic heterocycles. The molecule has 2 aliphatic rings. The van der Waals surface area contributed by atoms with Crippen molar-refractivity contribution in [2.45, 2.75) is 76.9 Å². The molecule has 0 atom stereocenters. The zero-order valence-corrected chi connectivity index (χ0v) is 13.9. The first kappa shape index (κ1) is 16.3. The molecule has 5 heteroatoms. The second-order valence-electron chi connectivity index (χ2n) is 8.05. The minimum absolute atomic E-state index is 0.0845. The molecule has 120 valence electrons. The Morgan fingerprint density at radius 2 is 1.52 bits per heavy atom. The van der Waals surface area contributed by atoms with Gasteiger partial charge in [-0.3, -0.25) is 9.59 Å². The highest BCUT2D eigenvalue weighted by Crippen LogP contribution is 2.21. The quantitative estimate of drug-likeness (QED) is 0.688. The third-order valence-electron chi connectivity index (χ3n) is 4.50. The molecule has 5 nitrogen and oxygen atoms in total. The average Bonchev–Trinajstić information content (AvgIpc) is 2.35. The van der Waals surface area contributed by atoms with Crippen molar-refractivity contribution >= 4 is 11.8 Å². The molecule has 3 N–H and O–H groups in total. The number of likely N-dealkylation sites (tertiary alicyclic amines) is 1. The summed E-state index contributed by atoms with van der Waals surface area (Å²) in [7, 11) is 0. The minimum Gasteiger partial charge on any atom is -0.345 e. The van der Waals surface area contributed by atoms with E-state index >= 15 is 0 Å². The van der Waals surface area contributed by atoms with Crippen LogP contribution in [0.1, 0.15) is 59.8 Å². The minimum atomic E-state index is -0.421. The smallest absolute Gasteiger partial charge is 0.311 e. The van der Waals surface area contributed by atoms with Crippen LogP contribution in [0.2, 0.25) is 0 Å². The van der Waals surface area contributed by atoms with Gasteiger partial charge in [0.2, 0.25) is 0 Å². The predicted octanol–water partition coefficient (Wildman–Crippen LogP) is 0.398. The molecule has 0 saturated carbocycles. The highest BCUT2D eigenvalue weighted by atomic mass is 16.2. The van der Waals surface area contributed by atoms with E-state index in [1.54, 1.807) is 4.90 Å². The Hall–Kier alpha value is -1.10. The van der Waals surface area contributed by atoms with Gasteiger partial charge in [-0.05, 0) is 47.0 Å². The second-order valence-corrected chi connectivity index (χ2v) is 8.05. The van der Waals surface area contributed by atoms with E-state index in [0.717, 1.165) is 45.2 Å². The first-order valence-electron chi connectivity index (χ1n) is 8.15. The SMILES string of the molecule is CC1(C)CC(NC(=O)C(=O)N2CCCCC2)CC(C)(C)[NH2+]1. The van der Waals surface area contributed by atoms with E-state index in [-0.39, 0.29) is 23.0 Å². The lowest BCUT2D eigenvalue weighted by Gasteiger charge is -2.43. The van der Waals surface area contributed by atoms with Crippen molar-refractivity contribution in [1.82, 2.24) is 10.2 Å². The number of hydrogen-bond donors (Lipinski definition) is 2.